The van der Waals surface area contributed by atoms with E-state index < -0.39 is 4.92 Å². The molecule has 1 heterocycles. The molecule has 0 fully saturated rings. The summed E-state index contributed by atoms with van der Waals surface area (Å²) in [6.45, 7) is 1.64. The maximum absolute atomic E-state index is 12.1. The van der Waals surface area contributed by atoms with Crippen molar-refractivity contribution in [2.24, 2.45) is 0 Å². The molecule has 20 heavy (non-hydrogen) atoms. The van der Waals surface area contributed by atoms with Gasteiger partial charge in [-0.15, -0.1) is 0 Å². The maximum Gasteiger partial charge on any atom is 0.269 e. The number of halogens is 1. The van der Waals surface area contributed by atoms with Gasteiger partial charge < -0.3 is 5.32 Å². The van der Waals surface area contributed by atoms with Crippen molar-refractivity contribution < 1.29 is 9.72 Å². The van der Waals surface area contributed by atoms with Crippen LogP contribution in [0.1, 0.15) is 15.9 Å². The van der Waals surface area contributed by atoms with E-state index >= 15 is 0 Å². The Labute approximate surface area is 119 Å². The lowest BCUT2D eigenvalue weighted by atomic mass is 10.1. The predicted octanol–water partition coefficient (Wildman–Crippen LogP) is 3.20. The average molecular weight is 292 g/mol. The van der Waals surface area contributed by atoms with Gasteiger partial charge >= 0.3 is 0 Å². The normalized spacial score (nSPS) is 10.1. The van der Waals surface area contributed by atoms with Crippen molar-refractivity contribution in [3.05, 3.63) is 62.9 Å². The molecule has 0 atom stereocenters. The van der Waals surface area contributed by atoms with Crippen LogP contribution in [0, 0.1) is 17.0 Å². The van der Waals surface area contributed by atoms with Crippen molar-refractivity contribution in [1.82, 2.24) is 4.98 Å². The molecule has 2 rings (SSSR count). The van der Waals surface area contributed by atoms with Crippen molar-refractivity contribution in [3.8, 4) is 0 Å². The van der Waals surface area contributed by atoms with Crippen LogP contribution in [-0.4, -0.2) is 15.8 Å². The summed E-state index contributed by atoms with van der Waals surface area (Å²) in [7, 11) is 0. The Balaban J connectivity index is 2.21. The van der Waals surface area contributed by atoms with E-state index in [4.69, 9.17) is 11.6 Å². The smallest absolute Gasteiger partial charge is 0.269 e. The van der Waals surface area contributed by atoms with Gasteiger partial charge in [0.15, 0.2) is 0 Å². The van der Waals surface area contributed by atoms with Gasteiger partial charge in [0, 0.05) is 17.7 Å². The van der Waals surface area contributed by atoms with E-state index in [1.165, 1.54) is 24.4 Å². The van der Waals surface area contributed by atoms with Crippen LogP contribution in [0.3, 0.4) is 0 Å². The summed E-state index contributed by atoms with van der Waals surface area (Å²) < 4.78 is 0. The molecule has 0 saturated heterocycles. The molecular formula is C13H10ClN3O3. The molecule has 2 aromatic rings. The molecule has 1 N–H and O–H groups in total. The number of hydrogen-bond donors (Lipinski definition) is 1. The number of pyridine rings is 1. The fraction of sp³-hybridized carbons (Fsp3) is 0.0769. The summed E-state index contributed by atoms with van der Waals surface area (Å²) in [5.41, 5.74) is 1.34. The number of carbonyl (C=O) groups is 1. The molecule has 6 nitrogen and oxygen atoms in total. The predicted molar refractivity (Wildman–Crippen MR) is 75.0 cm³/mol. The standard InChI is InChI=1S/C13H10ClN3O3/c1-8-6-10(17(19)20)3-4-11(8)13(18)16-9-2-5-12(14)15-7-9/h2-7H,1H3,(H,16,18). The van der Waals surface area contributed by atoms with E-state index in [0.717, 1.165) is 0 Å². The first kappa shape index (κ1) is 14.0. The molecule has 0 bridgehead atoms. The van der Waals surface area contributed by atoms with Gasteiger partial charge in [-0.05, 0) is 30.7 Å². The molecule has 1 aromatic heterocycles. The summed E-state index contributed by atoms with van der Waals surface area (Å²) in [6, 6.07) is 7.25. The summed E-state index contributed by atoms with van der Waals surface area (Å²) in [6.07, 6.45) is 1.43. The van der Waals surface area contributed by atoms with Gasteiger partial charge in [-0.25, -0.2) is 4.98 Å². The molecule has 0 saturated carbocycles. The lowest BCUT2D eigenvalue weighted by Gasteiger charge is -2.07. The zero-order chi connectivity index (χ0) is 14.7. The van der Waals surface area contributed by atoms with E-state index in [-0.39, 0.29) is 11.6 Å². The second-order valence-electron chi connectivity index (χ2n) is 4.08. The summed E-state index contributed by atoms with van der Waals surface area (Å²) in [4.78, 5) is 26.0. The molecule has 0 aliphatic rings. The van der Waals surface area contributed by atoms with Crippen molar-refractivity contribution in [2.75, 3.05) is 5.32 Å². The first-order valence-corrected chi connectivity index (χ1v) is 6.03. The van der Waals surface area contributed by atoms with Crippen LogP contribution in [0.5, 0.6) is 0 Å². The highest BCUT2D eigenvalue weighted by Gasteiger charge is 2.13. The highest BCUT2D eigenvalue weighted by Crippen LogP contribution is 2.18. The van der Waals surface area contributed by atoms with Gasteiger partial charge in [0.1, 0.15) is 5.15 Å². The fourth-order valence-corrected chi connectivity index (χ4v) is 1.78. The Morgan fingerprint density at radius 2 is 2.10 bits per heavy atom. The SMILES string of the molecule is Cc1cc([N+](=O)[O-])ccc1C(=O)Nc1ccc(Cl)nc1. The monoisotopic (exact) mass is 291 g/mol. The lowest BCUT2D eigenvalue weighted by Crippen LogP contribution is -2.13. The first-order chi connectivity index (χ1) is 9.47. The minimum Gasteiger partial charge on any atom is -0.321 e. The number of benzene rings is 1. The number of aryl methyl sites for hydroxylation is 1. The molecule has 1 aromatic carbocycles. The maximum atomic E-state index is 12.1. The number of nitro groups is 1. The number of nitro benzene ring substituents is 1. The Kier molecular flexibility index (Phi) is 3.95. The second-order valence-corrected chi connectivity index (χ2v) is 4.47. The molecule has 1 amide bonds. The molecule has 7 heteroatoms. The van der Waals surface area contributed by atoms with Gasteiger partial charge in [0.2, 0.25) is 0 Å². The molecular weight excluding hydrogens is 282 g/mol. The Hall–Kier alpha value is -2.47. The van der Waals surface area contributed by atoms with E-state index in [9.17, 15) is 14.9 Å². The zero-order valence-corrected chi connectivity index (χ0v) is 11.2. The van der Waals surface area contributed by atoms with Gasteiger partial charge in [0.05, 0.1) is 16.8 Å². The van der Waals surface area contributed by atoms with Crippen molar-refractivity contribution in [2.45, 2.75) is 6.92 Å². The highest BCUT2D eigenvalue weighted by atomic mass is 35.5. The molecule has 0 radical (unpaired) electrons. The largest absolute Gasteiger partial charge is 0.321 e. The third-order valence-electron chi connectivity index (χ3n) is 2.65. The third-order valence-corrected chi connectivity index (χ3v) is 2.87. The Morgan fingerprint density at radius 1 is 1.35 bits per heavy atom. The topological polar surface area (TPSA) is 85.1 Å². The number of carbonyl (C=O) groups excluding carboxylic acids is 1. The van der Waals surface area contributed by atoms with Crippen molar-refractivity contribution >= 4 is 28.9 Å². The zero-order valence-electron chi connectivity index (χ0n) is 10.5. The molecule has 0 unspecified atom stereocenters. The number of aromatic nitrogens is 1. The summed E-state index contributed by atoms with van der Waals surface area (Å²) in [5.74, 6) is -0.360. The fourth-order valence-electron chi connectivity index (χ4n) is 1.66. The van der Waals surface area contributed by atoms with E-state index in [2.05, 4.69) is 10.3 Å². The summed E-state index contributed by atoms with van der Waals surface area (Å²) >= 11 is 5.65. The van der Waals surface area contributed by atoms with Gasteiger partial charge in [0.25, 0.3) is 11.6 Å². The minimum absolute atomic E-state index is 0.0489. The number of nitrogens with zero attached hydrogens (tertiary/aromatic N) is 2. The van der Waals surface area contributed by atoms with Gasteiger partial charge in [-0.3, -0.25) is 14.9 Å². The Morgan fingerprint density at radius 3 is 2.65 bits per heavy atom. The first-order valence-electron chi connectivity index (χ1n) is 5.65. The number of nitrogens with one attached hydrogen (secondary N) is 1. The lowest BCUT2D eigenvalue weighted by molar-refractivity contribution is -0.384. The van der Waals surface area contributed by atoms with Crippen LogP contribution in [0.25, 0.3) is 0 Å². The third kappa shape index (κ3) is 3.10. The van der Waals surface area contributed by atoms with E-state index in [0.29, 0.717) is 22.0 Å². The van der Waals surface area contributed by atoms with Crippen LogP contribution in [0.2, 0.25) is 5.15 Å². The van der Waals surface area contributed by atoms with Crippen LogP contribution < -0.4 is 5.32 Å². The van der Waals surface area contributed by atoms with Crippen LogP contribution in [-0.2, 0) is 0 Å². The number of rotatable bonds is 3. The number of hydrogen-bond acceptors (Lipinski definition) is 4. The van der Waals surface area contributed by atoms with Crippen LogP contribution in [0.4, 0.5) is 11.4 Å². The number of anilines is 1. The van der Waals surface area contributed by atoms with Crippen LogP contribution in [0.15, 0.2) is 36.5 Å². The molecule has 102 valence electrons. The van der Waals surface area contributed by atoms with Crippen LogP contribution >= 0.6 is 11.6 Å². The molecule has 0 aliphatic carbocycles. The van der Waals surface area contributed by atoms with Gasteiger partial charge in [-0.2, -0.15) is 0 Å². The Bertz CT molecular complexity index is 671. The summed E-state index contributed by atoms with van der Waals surface area (Å²) in [5, 5.41) is 13.6. The van der Waals surface area contributed by atoms with Crippen molar-refractivity contribution in [1.29, 1.82) is 0 Å². The second kappa shape index (κ2) is 5.66. The number of amides is 1. The quantitative estimate of drug-likeness (QED) is 0.534. The number of non-ortho nitro benzene ring substituents is 1. The molecule has 0 aliphatic heterocycles. The highest BCUT2D eigenvalue weighted by molar-refractivity contribution is 6.29. The average Bonchev–Trinajstić information content (AvgIpc) is 2.41. The van der Waals surface area contributed by atoms with Crippen molar-refractivity contribution in [3.63, 3.8) is 0 Å². The molecule has 0 spiro atoms. The van der Waals surface area contributed by atoms with E-state index in [1.807, 2.05) is 0 Å². The van der Waals surface area contributed by atoms with E-state index in [1.54, 1.807) is 19.1 Å². The minimum atomic E-state index is -0.502. The van der Waals surface area contributed by atoms with Gasteiger partial charge in [-0.1, -0.05) is 11.6 Å².